The van der Waals surface area contributed by atoms with Crippen molar-refractivity contribution < 1.29 is 9.63 Å². The minimum atomic E-state index is -0.328. The second kappa shape index (κ2) is 5.14. The third-order valence-corrected chi connectivity index (χ3v) is 2.43. The Morgan fingerprint density at radius 1 is 1.47 bits per heavy atom. The molecule has 5 nitrogen and oxygen atoms in total. The number of rotatable bonds is 2. The van der Waals surface area contributed by atoms with E-state index in [1.807, 2.05) is 6.07 Å². The average molecular weight is 237 g/mol. The summed E-state index contributed by atoms with van der Waals surface area (Å²) in [6.45, 7) is 6.24. The summed E-state index contributed by atoms with van der Waals surface area (Å²) in [5.74, 6) is 0. The highest BCUT2D eigenvalue weighted by atomic mass is 16.7. The standard InChI is InChI=1S/C12H19N3O2/c1-12(2,3)9-6-7-13-8-10(9)14-11(16)15(4)17-5/h6-8H,1-5H3,(H,14,16). The number of carbonyl (C=O) groups is 1. The Morgan fingerprint density at radius 3 is 2.65 bits per heavy atom. The first-order chi connectivity index (χ1) is 7.86. The van der Waals surface area contributed by atoms with Gasteiger partial charge in [0, 0.05) is 13.2 Å². The van der Waals surface area contributed by atoms with Crippen molar-refractivity contribution >= 4 is 11.7 Å². The summed E-state index contributed by atoms with van der Waals surface area (Å²) in [4.78, 5) is 20.5. The molecule has 1 rings (SSSR count). The maximum absolute atomic E-state index is 11.7. The van der Waals surface area contributed by atoms with Gasteiger partial charge >= 0.3 is 6.03 Å². The Morgan fingerprint density at radius 2 is 2.12 bits per heavy atom. The molecular weight excluding hydrogens is 218 g/mol. The van der Waals surface area contributed by atoms with Gasteiger partial charge in [-0.3, -0.25) is 9.82 Å². The number of amides is 2. The number of anilines is 1. The fraction of sp³-hybridized carbons (Fsp3) is 0.500. The Kier molecular flexibility index (Phi) is 4.07. The Bertz CT molecular complexity index is 399. The molecule has 1 heterocycles. The highest BCUT2D eigenvalue weighted by Gasteiger charge is 2.19. The van der Waals surface area contributed by atoms with Crippen LogP contribution in [-0.2, 0) is 10.3 Å². The molecule has 17 heavy (non-hydrogen) atoms. The lowest BCUT2D eigenvalue weighted by molar-refractivity contribution is -0.0598. The molecular formula is C12H19N3O2. The predicted molar refractivity (Wildman–Crippen MR) is 66.7 cm³/mol. The van der Waals surface area contributed by atoms with E-state index in [1.165, 1.54) is 7.11 Å². The van der Waals surface area contributed by atoms with E-state index in [-0.39, 0.29) is 11.4 Å². The molecule has 0 atom stereocenters. The lowest BCUT2D eigenvalue weighted by atomic mass is 9.86. The number of carbonyl (C=O) groups excluding carboxylic acids is 1. The number of aromatic nitrogens is 1. The molecule has 0 aliphatic rings. The van der Waals surface area contributed by atoms with Gasteiger partial charge < -0.3 is 5.32 Å². The molecule has 0 saturated carbocycles. The average Bonchev–Trinajstić information content (AvgIpc) is 2.27. The summed E-state index contributed by atoms with van der Waals surface area (Å²) in [7, 11) is 2.98. The fourth-order valence-corrected chi connectivity index (χ4v) is 1.42. The van der Waals surface area contributed by atoms with Crippen molar-refractivity contribution in [3.05, 3.63) is 24.0 Å². The number of pyridine rings is 1. The molecule has 0 aromatic carbocycles. The van der Waals surface area contributed by atoms with Crippen LogP contribution >= 0.6 is 0 Å². The van der Waals surface area contributed by atoms with E-state index in [0.717, 1.165) is 10.6 Å². The van der Waals surface area contributed by atoms with Gasteiger partial charge in [-0.1, -0.05) is 20.8 Å². The summed E-state index contributed by atoms with van der Waals surface area (Å²) >= 11 is 0. The quantitative estimate of drug-likeness (QED) is 0.803. The molecule has 94 valence electrons. The van der Waals surface area contributed by atoms with E-state index in [2.05, 4.69) is 31.1 Å². The topological polar surface area (TPSA) is 54.5 Å². The largest absolute Gasteiger partial charge is 0.345 e. The lowest BCUT2D eigenvalue weighted by Crippen LogP contribution is -2.31. The van der Waals surface area contributed by atoms with Crippen molar-refractivity contribution in [2.45, 2.75) is 26.2 Å². The van der Waals surface area contributed by atoms with Crippen molar-refractivity contribution in [3.8, 4) is 0 Å². The molecule has 2 amide bonds. The van der Waals surface area contributed by atoms with Crippen LogP contribution in [0, 0.1) is 0 Å². The fourth-order valence-electron chi connectivity index (χ4n) is 1.42. The van der Waals surface area contributed by atoms with E-state index in [9.17, 15) is 4.79 Å². The molecule has 1 aromatic heterocycles. The van der Waals surface area contributed by atoms with Crippen molar-refractivity contribution in [1.82, 2.24) is 10.0 Å². The molecule has 1 aromatic rings. The van der Waals surface area contributed by atoms with E-state index >= 15 is 0 Å². The summed E-state index contributed by atoms with van der Waals surface area (Å²) in [6.07, 6.45) is 3.36. The van der Waals surface area contributed by atoms with Gasteiger partial charge in [-0.15, -0.1) is 0 Å². The lowest BCUT2D eigenvalue weighted by Gasteiger charge is -2.23. The van der Waals surface area contributed by atoms with Crippen LogP contribution in [0.5, 0.6) is 0 Å². The van der Waals surface area contributed by atoms with Crippen LogP contribution in [0.1, 0.15) is 26.3 Å². The number of urea groups is 1. The summed E-state index contributed by atoms with van der Waals surface area (Å²) in [5, 5.41) is 3.89. The predicted octanol–water partition coefficient (Wildman–Crippen LogP) is 2.40. The Labute approximate surface area is 102 Å². The second-order valence-electron chi connectivity index (χ2n) is 4.78. The molecule has 0 fully saturated rings. The smallest absolute Gasteiger partial charge is 0.304 e. The van der Waals surface area contributed by atoms with Crippen LogP contribution in [0.4, 0.5) is 10.5 Å². The monoisotopic (exact) mass is 237 g/mol. The molecule has 1 N–H and O–H groups in total. The van der Waals surface area contributed by atoms with E-state index in [0.29, 0.717) is 5.69 Å². The molecule has 5 heteroatoms. The molecule has 0 aliphatic carbocycles. The van der Waals surface area contributed by atoms with Gasteiger partial charge in [0.2, 0.25) is 0 Å². The Hall–Kier alpha value is -1.62. The first kappa shape index (κ1) is 13.4. The molecule has 0 radical (unpaired) electrons. The molecule has 0 spiro atoms. The third-order valence-electron chi connectivity index (χ3n) is 2.43. The summed E-state index contributed by atoms with van der Waals surface area (Å²) in [5.41, 5.74) is 1.68. The number of hydrogen-bond donors (Lipinski definition) is 1. The molecule has 0 aliphatic heterocycles. The Balaban J connectivity index is 2.96. The minimum Gasteiger partial charge on any atom is -0.304 e. The van der Waals surface area contributed by atoms with Crippen LogP contribution < -0.4 is 5.32 Å². The third kappa shape index (κ3) is 3.42. The molecule has 0 saturated heterocycles. The summed E-state index contributed by atoms with van der Waals surface area (Å²) < 4.78 is 0. The first-order valence-electron chi connectivity index (χ1n) is 5.39. The van der Waals surface area contributed by atoms with E-state index in [1.54, 1.807) is 19.4 Å². The van der Waals surface area contributed by atoms with Crippen molar-refractivity contribution in [1.29, 1.82) is 0 Å². The normalized spacial score (nSPS) is 11.1. The van der Waals surface area contributed by atoms with E-state index in [4.69, 9.17) is 4.84 Å². The minimum absolute atomic E-state index is 0.0583. The zero-order valence-electron chi connectivity index (χ0n) is 10.9. The van der Waals surface area contributed by atoms with Gasteiger partial charge in [-0.25, -0.2) is 9.86 Å². The maximum Gasteiger partial charge on any atom is 0.345 e. The molecule has 0 bridgehead atoms. The number of hydroxylamine groups is 2. The second-order valence-corrected chi connectivity index (χ2v) is 4.78. The van der Waals surface area contributed by atoms with Crippen LogP contribution in [0.25, 0.3) is 0 Å². The zero-order valence-corrected chi connectivity index (χ0v) is 10.9. The van der Waals surface area contributed by atoms with Crippen molar-refractivity contribution in [2.24, 2.45) is 0 Å². The number of hydrogen-bond acceptors (Lipinski definition) is 3. The van der Waals surface area contributed by atoms with Gasteiger partial charge in [-0.05, 0) is 17.0 Å². The van der Waals surface area contributed by atoms with Crippen LogP contribution in [0.3, 0.4) is 0 Å². The highest BCUT2D eigenvalue weighted by Crippen LogP contribution is 2.28. The van der Waals surface area contributed by atoms with Crippen LogP contribution in [0.2, 0.25) is 0 Å². The van der Waals surface area contributed by atoms with E-state index < -0.39 is 0 Å². The van der Waals surface area contributed by atoms with Crippen molar-refractivity contribution in [3.63, 3.8) is 0 Å². The van der Waals surface area contributed by atoms with Gasteiger partial charge in [0.05, 0.1) is 19.0 Å². The zero-order chi connectivity index (χ0) is 13.1. The number of nitrogens with one attached hydrogen (secondary N) is 1. The maximum atomic E-state index is 11.7. The van der Waals surface area contributed by atoms with Gasteiger partial charge in [0.15, 0.2) is 0 Å². The SMILES string of the molecule is CON(C)C(=O)Nc1cnccc1C(C)(C)C. The molecule has 0 unspecified atom stereocenters. The highest BCUT2D eigenvalue weighted by molar-refractivity contribution is 5.89. The van der Waals surface area contributed by atoms with Crippen LogP contribution in [-0.4, -0.2) is 30.2 Å². The van der Waals surface area contributed by atoms with Crippen molar-refractivity contribution in [2.75, 3.05) is 19.5 Å². The van der Waals surface area contributed by atoms with Crippen LogP contribution in [0.15, 0.2) is 18.5 Å². The van der Waals surface area contributed by atoms with Gasteiger partial charge in [0.25, 0.3) is 0 Å². The van der Waals surface area contributed by atoms with Gasteiger partial charge in [-0.2, -0.15) is 0 Å². The summed E-state index contributed by atoms with van der Waals surface area (Å²) in [6, 6.07) is 1.58. The number of nitrogens with zero attached hydrogens (tertiary/aromatic N) is 2. The first-order valence-corrected chi connectivity index (χ1v) is 5.39. The van der Waals surface area contributed by atoms with Gasteiger partial charge in [0.1, 0.15) is 0 Å².